The van der Waals surface area contributed by atoms with Gasteiger partial charge in [0.1, 0.15) is 5.82 Å². The highest BCUT2D eigenvalue weighted by atomic mass is 19.1. The van der Waals surface area contributed by atoms with Gasteiger partial charge in [0.15, 0.2) is 11.5 Å². The minimum Gasteiger partial charge on any atom is -0.354 e. The molecule has 3 rings (SSSR count). The number of aromatic nitrogens is 3. The maximum atomic E-state index is 13.8. The summed E-state index contributed by atoms with van der Waals surface area (Å²) in [7, 11) is 0. The number of anilines is 2. The molecule has 0 aliphatic carbocycles. The molecule has 4 nitrogen and oxygen atoms in total. The molecule has 1 aromatic carbocycles. The van der Waals surface area contributed by atoms with Gasteiger partial charge in [0, 0.05) is 18.0 Å². The lowest BCUT2D eigenvalue weighted by molar-refractivity contribution is 0.630. The van der Waals surface area contributed by atoms with Crippen LogP contribution in [0.4, 0.5) is 15.8 Å². The van der Waals surface area contributed by atoms with Crippen LogP contribution in [0.25, 0.3) is 5.65 Å². The van der Waals surface area contributed by atoms with E-state index in [1.807, 2.05) is 30.3 Å². The minimum absolute atomic E-state index is 0.242. The predicted molar refractivity (Wildman–Crippen MR) is 67.4 cm³/mol. The molecule has 0 fully saturated rings. The molecule has 1 N–H and O–H groups in total. The van der Waals surface area contributed by atoms with Gasteiger partial charge in [-0.05, 0) is 19.1 Å². The first-order valence-corrected chi connectivity index (χ1v) is 5.57. The van der Waals surface area contributed by atoms with E-state index in [9.17, 15) is 4.39 Å². The third kappa shape index (κ3) is 1.79. The van der Waals surface area contributed by atoms with Gasteiger partial charge < -0.3 is 5.32 Å². The van der Waals surface area contributed by atoms with Crippen LogP contribution >= 0.6 is 0 Å². The van der Waals surface area contributed by atoms with E-state index in [0.717, 1.165) is 5.69 Å². The SMILES string of the molecule is Cc1nnc2c(F)cc(Nc3ccccc3)cn12. The Morgan fingerprint density at radius 3 is 2.67 bits per heavy atom. The second kappa shape index (κ2) is 4.10. The topological polar surface area (TPSA) is 42.2 Å². The number of fused-ring (bicyclic) bond motifs is 1. The van der Waals surface area contributed by atoms with Crippen molar-refractivity contribution in [3.05, 3.63) is 54.2 Å². The summed E-state index contributed by atoms with van der Waals surface area (Å²) in [4.78, 5) is 0. The number of nitrogens with zero attached hydrogens (tertiary/aromatic N) is 3. The molecule has 0 atom stereocenters. The number of benzene rings is 1. The van der Waals surface area contributed by atoms with Crippen molar-refractivity contribution in [3.8, 4) is 0 Å². The van der Waals surface area contributed by atoms with Crippen LogP contribution in [0.15, 0.2) is 42.6 Å². The van der Waals surface area contributed by atoms with Gasteiger partial charge in [0.25, 0.3) is 0 Å². The fraction of sp³-hybridized carbons (Fsp3) is 0.0769. The Morgan fingerprint density at radius 1 is 1.11 bits per heavy atom. The van der Waals surface area contributed by atoms with Crippen LogP contribution in [0, 0.1) is 12.7 Å². The van der Waals surface area contributed by atoms with Gasteiger partial charge in [0.05, 0.1) is 5.69 Å². The average Bonchev–Trinajstić information content (AvgIpc) is 2.73. The van der Waals surface area contributed by atoms with E-state index in [0.29, 0.717) is 11.5 Å². The van der Waals surface area contributed by atoms with E-state index in [-0.39, 0.29) is 5.65 Å². The number of aryl methyl sites for hydroxylation is 1. The van der Waals surface area contributed by atoms with Crippen LogP contribution in [0.5, 0.6) is 0 Å². The lowest BCUT2D eigenvalue weighted by Crippen LogP contribution is -1.97. The highest BCUT2D eigenvalue weighted by Gasteiger charge is 2.08. The standard InChI is InChI=1S/C13H11FN4/c1-9-16-17-13-12(14)7-11(8-18(9)13)15-10-5-3-2-4-6-10/h2-8,15H,1H3. The highest BCUT2D eigenvalue weighted by molar-refractivity contribution is 5.61. The van der Waals surface area contributed by atoms with Crippen molar-refractivity contribution in [2.75, 3.05) is 5.32 Å². The quantitative estimate of drug-likeness (QED) is 0.751. The molecule has 5 heteroatoms. The first kappa shape index (κ1) is 10.7. The van der Waals surface area contributed by atoms with Crippen molar-refractivity contribution >= 4 is 17.0 Å². The predicted octanol–water partition coefficient (Wildman–Crippen LogP) is 2.92. The molecule has 0 bridgehead atoms. The smallest absolute Gasteiger partial charge is 0.197 e. The third-order valence-corrected chi connectivity index (χ3v) is 2.69. The zero-order chi connectivity index (χ0) is 12.5. The van der Waals surface area contributed by atoms with Crippen molar-refractivity contribution in [2.45, 2.75) is 6.92 Å². The van der Waals surface area contributed by atoms with Gasteiger partial charge in [-0.3, -0.25) is 4.40 Å². The van der Waals surface area contributed by atoms with Gasteiger partial charge in [-0.15, -0.1) is 10.2 Å². The van der Waals surface area contributed by atoms with Gasteiger partial charge >= 0.3 is 0 Å². The molecule has 0 aliphatic rings. The second-order valence-electron chi connectivity index (χ2n) is 4.01. The monoisotopic (exact) mass is 242 g/mol. The summed E-state index contributed by atoms with van der Waals surface area (Å²) in [5, 5.41) is 10.8. The molecule has 0 saturated carbocycles. The number of nitrogens with one attached hydrogen (secondary N) is 1. The average molecular weight is 242 g/mol. The van der Waals surface area contributed by atoms with Gasteiger partial charge in [-0.1, -0.05) is 18.2 Å². The lowest BCUT2D eigenvalue weighted by atomic mass is 10.3. The Labute approximate surface area is 103 Å². The van der Waals surface area contributed by atoms with Crippen molar-refractivity contribution < 1.29 is 4.39 Å². The Kier molecular flexibility index (Phi) is 2.44. The summed E-state index contributed by atoms with van der Waals surface area (Å²) >= 11 is 0. The summed E-state index contributed by atoms with van der Waals surface area (Å²) in [5.41, 5.74) is 1.81. The Hall–Kier alpha value is -2.43. The summed E-state index contributed by atoms with van der Waals surface area (Å²) in [6.07, 6.45) is 1.78. The molecule has 90 valence electrons. The molecule has 3 aromatic rings. The number of hydrogen-bond donors (Lipinski definition) is 1. The van der Waals surface area contributed by atoms with Gasteiger partial charge in [-0.25, -0.2) is 4.39 Å². The number of hydrogen-bond acceptors (Lipinski definition) is 3. The van der Waals surface area contributed by atoms with E-state index in [1.54, 1.807) is 17.5 Å². The number of halogens is 1. The van der Waals surface area contributed by atoms with Gasteiger partial charge in [-0.2, -0.15) is 0 Å². The molecule has 0 amide bonds. The molecule has 2 aromatic heterocycles. The van der Waals surface area contributed by atoms with E-state index < -0.39 is 5.82 Å². The molecular weight excluding hydrogens is 231 g/mol. The maximum Gasteiger partial charge on any atom is 0.197 e. The molecule has 0 aliphatic heterocycles. The number of para-hydroxylation sites is 1. The van der Waals surface area contributed by atoms with Crippen molar-refractivity contribution in [3.63, 3.8) is 0 Å². The highest BCUT2D eigenvalue weighted by Crippen LogP contribution is 2.19. The number of rotatable bonds is 2. The number of pyridine rings is 1. The van der Waals surface area contributed by atoms with Crippen molar-refractivity contribution in [1.29, 1.82) is 0 Å². The van der Waals surface area contributed by atoms with Crippen LogP contribution in [0.1, 0.15) is 5.82 Å². The zero-order valence-electron chi connectivity index (χ0n) is 9.76. The van der Waals surface area contributed by atoms with Crippen LogP contribution < -0.4 is 5.32 Å². The van der Waals surface area contributed by atoms with Gasteiger partial charge in [0.2, 0.25) is 0 Å². The van der Waals surface area contributed by atoms with Crippen molar-refractivity contribution in [1.82, 2.24) is 14.6 Å². The van der Waals surface area contributed by atoms with Crippen LogP contribution in [-0.4, -0.2) is 14.6 Å². The fourth-order valence-corrected chi connectivity index (χ4v) is 1.82. The first-order valence-electron chi connectivity index (χ1n) is 5.57. The van der Waals surface area contributed by atoms with Crippen LogP contribution in [0.3, 0.4) is 0 Å². The van der Waals surface area contributed by atoms with Crippen molar-refractivity contribution in [2.24, 2.45) is 0 Å². The second-order valence-corrected chi connectivity index (χ2v) is 4.01. The molecular formula is C13H11FN4. The summed E-state index contributed by atoms with van der Waals surface area (Å²) in [6.45, 7) is 1.78. The Balaban J connectivity index is 2.05. The summed E-state index contributed by atoms with van der Waals surface area (Å²) < 4.78 is 15.4. The molecule has 0 unspecified atom stereocenters. The van der Waals surface area contributed by atoms with E-state index >= 15 is 0 Å². The maximum absolute atomic E-state index is 13.8. The zero-order valence-corrected chi connectivity index (χ0v) is 9.76. The summed E-state index contributed by atoms with van der Waals surface area (Å²) in [6, 6.07) is 11.0. The molecule has 2 heterocycles. The van der Waals surface area contributed by atoms with Crippen LogP contribution in [-0.2, 0) is 0 Å². The first-order chi connectivity index (χ1) is 8.74. The largest absolute Gasteiger partial charge is 0.354 e. The molecule has 0 saturated heterocycles. The van der Waals surface area contributed by atoms with E-state index in [2.05, 4.69) is 15.5 Å². The minimum atomic E-state index is -0.392. The fourth-order valence-electron chi connectivity index (χ4n) is 1.82. The van der Waals surface area contributed by atoms with E-state index in [4.69, 9.17) is 0 Å². The molecule has 0 radical (unpaired) electrons. The Bertz CT molecular complexity index is 691. The molecule has 0 spiro atoms. The summed E-state index contributed by atoms with van der Waals surface area (Å²) in [5.74, 6) is 0.261. The lowest BCUT2D eigenvalue weighted by Gasteiger charge is -2.07. The van der Waals surface area contributed by atoms with Crippen LogP contribution in [0.2, 0.25) is 0 Å². The molecule has 18 heavy (non-hydrogen) atoms. The Morgan fingerprint density at radius 2 is 1.89 bits per heavy atom. The third-order valence-electron chi connectivity index (χ3n) is 2.69. The normalized spacial score (nSPS) is 10.8. The van der Waals surface area contributed by atoms with E-state index in [1.165, 1.54) is 6.07 Å².